The van der Waals surface area contributed by atoms with Crippen molar-refractivity contribution >= 4 is 21.3 Å². The maximum absolute atomic E-state index is 8.51. The highest BCUT2D eigenvalue weighted by Crippen LogP contribution is 2.10. The minimum atomic E-state index is -1.17. The minimum Gasteiger partial charge on any atom is -0.179 e. The smallest absolute Gasteiger partial charge is 0.179 e. The van der Waals surface area contributed by atoms with E-state index in [0.29, 0.717) is 0 Å². The van der Waals surface area contributed by atoms with Gasteiger partial charge in [-0.15, -0.1) is 0 Å². The van der Waals surface area contributed by atoms with Crippen LogP contribution < -0.4 is 0 Å². The molecule has 0 amide bonds. The van der Waals surface area contributed by atoms with E-state index in [9.17, 15) is 0 Å². The Kier molecular flexibility index (Phi) is 24.4. The van der Waals surface area contributed by atoms with Crippen LogP contribution >= 0.6 is 21.3 Å². The second-order valence-corrected chi connectivity index (χ2v) is 4.63. The molecular weight excluding hydrogens is 239 g/mol. The van der Waals surface area contributed by atoms with Gasteiger partial charge in [-0.3, -0.25) is 0 Å². The molecule has 0 heterocycles. The molecule has 0 aliphatic heterocycles. The van der Waals surface area contributed by atoms with Crippen molar-refractivity contribution < 1.29 is 9.46 Å². The molecular formula is C12H28O2PS+. The van der Waals surface area contributed by atoms with Gasteiger partial charge in [0, 0.05) is 0 Å². The number of unbranched alkanes of at least 4 members (excludes halogenated alkanes) is 9. The number of thiol groups is 1. The van der Waals surface area contributed by atoms with E-state index in [1.165, 1.54) is 64.2 Å². The van der Waals surface area contributed by atoms with Gasteiger partial charge in [-0.25, -0.2) is 0 Å². The molecule has 0 aliphatic carbocycles. The van der Waals surface area contributed by atoms with E-state index in [2.05, 4.69) is 19.6 Å². The van der Waals surface area contributed by atoms with Crippen LogP contribution in [0.3, 0.4) is 0 Å². The van der Waals surface area contributed by atoms with Crippen LogP contribution in [-0.2, 0) is 4.57 Å². The first kappa shape index (κ1) is 18.8. The van der Waals surface area contributed by atoms with Gasteiger partial charge in [0.25, 0.3) is 0 Å². The van der Waals surface area contributed by atoms with Gasteiger partial charge in [0.2, 0.25) is 0 Å². The van der Waals surface area contributed by atoms with Crippen molar-refractivity contribution in [3.05, 3.63) is 0 Å². The average Bonchev–Trinajstić information content (AvgIpc) is 2.28. The first-order valence-electron chi connectivity index (χ1n) is 6.45. The molecule has 0 saturated carbocycles. The van der Waals surface area contributed by atoms with Gasteiger partial charge < -0.3 is 0 Å². The highest BCUT2D eigenvalue weighted by atomic mass is 32.1. The summed E-state index contributed by atoms with van der Waals surface area (Å²) in [6.07, 6.45) is 14.2. The monoisotopic (exact) mass is 267 g/mol. The molecule has 1 atom stereocenters. The Morgan fingerprint density at radius 1 is 0.875 bits per heavy atom. The van der Waals surface area contributed by atoms with Crippen molar-refractivity contribution in [2.24, 2.45) is 0 Å². The molecule has 2 nitrogen and oxygen atoms in total. The molecule has 0 aromatic rings. The second-order valence-electron chi connectivity index (χ2n) is 4.00. The molecule has 1 unspecified atom stereocenters. The summed E-state index contributed by atoms with van der Waals surface area (Å²) in [6, 6.07) is 0. The van der Waals surface area contributed by atoms with Crippen LogP contribution in [0, 0.1) is 0 Å². The summed E-state index contributed by atoms with van der Waals surface area (Å²) >= 11 is 4.20. The molecule has 0 aromatic carbocycles. The number of hydrogen-bond acceptors (Lipinski definition) is 2. The molecule has 0 aliphatic rings. The van der Waals surface area contributed by atoms with Crippen molar-refractivity contribution in [1.29, 1.82) is 0 Å². The van der Waals surface area contributed by atoms with E-state index >= 15 is 0 Å². The summed E-state index contributed by atoms with van der Waals surface area (Å²) in [7, 11) is -1.17. The van der Waals surface area contributed by atoms with Crippen molar-refractivity contribution in [1.82, 2.24) is 0 Å². The largest absolute Gasteiger partial charge is 0.491 e. The Balaban J connectivity index is 0. The van der Waals surface area contributed by atoms with Crippen molar-refractivity contribution in [2.75, 3.05) is 5.75 Å². The molecule has 0 fully saturated rings. The minimum absolute atomic E-state index is 1.07. The van der Waals surface area contributed by atoms with Crippen molar-refractivity contribution in [2.45, 2.75) is 71.1 Å². The predicted molar refractivity (Wildman–Crippen MR) is 76.9 cm³/mol. The first-order valence-corrected chi connectivity index (χ1v) is 7.94. The predicted octanol–water partition coefficient (Wildman–Crippen LogP) is 4.75. The summed E-state index contributed by atoms with van der Waals surface area (Å²) in [5.74, 6) is 1.07. The lowest BCUT2D eigenvalue weighted by Gasteiger charge is -2.00. The van der Waals surface area contributed by atoms with Crippen LogP contribution in [0.2, 0.25) is 0 Å². The Bertz CT molecular complexity index is 114. The lowest BCUT2D eigenvalue weighted by molar-refractivity contribution is 0.524. The maximum Gasteiger partial charge on any atom is 0.491 e. The Hall–Kier alpha value is 0.410. The zero-order valence-corrected chi connectivity index (χ0v) is 12.5. The second kappa shape index (κ2) is 20.8. The van der Waals surface area contributed by atoms with Gasteiger partial charge in [-0.1, -0.05) is 64.7 Å². The van der Waals surface area contributed by atoms with E-state index in [4.69, 9.17) is 9.46 Å². The summed E-state index contributed by atoms with van der Waals surface area (Å²) < 4.78 is 8.51. The van der Waals surface area contributed by atoms with E-state index in [0.717, 1.165) is 5.75 Å². The standard InChI is InChI=1S/C12H26S.HO2P/c1-2-3-4-5-6-7-8-9-10-11-12-13;1-3-2/h13H,2-12H2,1H3;3H/p+1. The van der Waals surface area contributed by atoms with E-state index < -0.39 is 8.69 Å². The fourth-order valence-electron chi connectivity index (χ4n) is 1.60. The molecule has 4 heteroatoms. The zero-order valence-electron chi connectivity index (χ0n) is 10.6. The molecule has 0 aromatic heterocycles. The van der Waals surface area contributed by atoms with Crippen LogP contribution in [0.5, 0.6) is 0 Å². The van der Waals surface area contributed by atoms with E-state index in [1.807, 2.05) is 0 Å². The van der Waals surface area contributed by atoms with Crippen LogP contribution in [-0.4, -0.2) is 10.6 Å². The molecule has 16 heavy (non-hydrogen) atoms. The third-order valence-electron chi connectivity index (χ3n) is 2.51. The van der Waals surface area contributed by atoms with E-state index in [1.54, 1.807) is 0 Å². The van der Waals surface area contributed by atoms with Crippen LogP contribution in [0.25, 0.3) is 0 Å². The summed E-state index contributed by atoms with van der Waals surface area (Å²) in [4.78, 5) is 7.04. The Morgan fingerprint density at radius 2 is 1.19 bits per heavy atom. The zero-order chi connectivity index (χ0) is 12.5. The lowest BCUT2D eigenvalue weighted by Crippen LogP contribution is -1.81. The van der Waals surface area contributed by atoms with Crippen LogP contribution in [0.4, 0.5) is 0 Å². The van der Waals surface area contributed by atoms with Crippen LogP contribution in [0.15, 0.2) is 0 Å². The number of rotatable bonds is 10. The third kappa shape index (κ3) is 23.9. The lowest BCUT2D eigenvalue weighted by atomic mass is 10.1. The summed E-state index contributed by atoms with van der Waals surface area (Å²) in [5.41, 5.74) is 0. The molecule has 1 N–H and O–H groups in total. The number of hydrogen-bond donors (Lipinski definition) is 2. The SMILES string of the molecule is CCCCCCCCCCCCS.O=[PH+]O. The maximum atomic E-state index is 8.51. The molecule has 0 bridgehead atoms. The van der Waals surface area contributed by atoms with Gasteiger partial charge in [-0.05, 0) is 16.7 Å². The molecule has 0 rings (SSSR count). The molecule has 0 saturated heterocycles. The summed E-state index contributed by atoms with van der Waals surface area (Å²) in [6.45, 7) is 2.28. The Morgan fingerprint density at radius 3 is 1.50 bits per heavy atom. The summed E-state index contributed by atoms with van der Waals surface area (Å²) in [5, 5.41) is 0. The fourth-order valence-corrected chi connectivity index (χ4v) is 1.82. The topological polar surface area (TPSA) is 37.3 Å². The van der Waals surface area contributed by atoms with E-state index in [-0.39, 0.29) is 0 Å². The van der Waals surface area contributed by atoms with Crippen molar-refractivity contribution in [3.8, 4) is 0 Å². The molecule has 98 valence electrons. The first-order chi connectivity index (χ1) is 7.83. The van der Waals surface area contributed by atoms with Crippen LogP contribution in [0.1, 0.15) is 71.1 Å². The average molecular weight is 267 g/mol. The highest BCUT2D eigenvalue weighted by molar-refractivity contribution is 7.80. The van der Waals surface area contributed by atoms with Crippen molar-refractivity contribution in [3.63, 3.8) is 0 Å². The van der Waals surface area contributed by atoms with Gasteiger partial charge in [-0.2, -0.15) is 17.5 Å². The van der Waals surface area contributed by atoms with Gasteiger partial charge in [0.1, 0.15) is 0 Å². The molecule has 0 spiro atoms. The van der Waals surface area contributed by atoms with Gasteiger partial charge in [0.05, 0.1) is 0 Å². The third-order valence-corrected chi connectivity index (χ3v) is 2.83. The quantitative estimate of drug-likeness (QED) is 0.340. The van der Waals surface area contributed by atoms with Gasteiger partial charge in [0.15, 0.2) is 0 Å². The Labute approximate surface area is 108 Å². The normalized spacial score (nSPS) is 9.94. The van der Waals surface area contributed by atoms with Gasteiger partial charge >= 0.3 is 8.69 Å². The molecule has 0 radical (unpaired) electrons. The fraction of sp³-hybridized carbons (Fsp3) is 1.00. The highest BCUT2D eigenvalue weighted by Gasteiger charge is 1.91.